The second-order valence-corrected chi connectivity index (χ2v) is 3.33. The van der Waals surface area contributed by atoms with Gasteiger partial charge in [0, 0.05) is 12.5 Å². The summed E-state index contributed by atoms with van der Waals surface area (Å²) in [6, 6.07) is 0. The topological polar surface area (TPSA) is 46.6 Å². The maximum atomic E-state index is 11.4. The summed E-state index contributed by atoms with van der Waals surface area (Å²) in [5.41, 5.74) is 0. The Balaban J connectivity index is 2.43. The molecule has 0 aromatic rings. The van der Waals surface area contributed by atoms with E-state index in [4.69, 9.17) is 0 Å². The van der Waals surface area contributed by atoms with E-state index in [2.05, 4.69) is 4.74 Å². The molecule has 0 bridgehead atoms. The monoisotopic (exact) mass is 185 g/mol. The van der Waals surface area contributed by atoms with Crippen molar-refractivity contribution in [3.05, 3.63) is 0 Å². The van der Waals surface area contributed by atoms with Gasteiger partial charge in [-0.15, -0.1) is 0 Å². The number of carbonyl (C=O) groups excluding carboxylic acids is 2. The van der Waals surface area contributed by atoms with Crippen LogP contribution >= 0.6 is 0 Å². The highest BCUT2D eigenvalue weighted by Crippen LogP contribution is 2.15. The third kappa shape index (κ3) is 2.52. The first-order valence-electron chi connectivity index (χ1n) is 4.54. The van der Waals surface area contributed by atoms with Gasteiger partial charge in [0.2, 0.25) is 5.78 Å². The number of ether oxygens (including phenoxy) is 1. The Morgan fingerprint density at radius 2 is 2.23 bits per heavy atom. The summed E-state index contributed by atoms with van der Waals surface area (Å²) in [5, 5.41) is 0. The Morgan fingerprint density at radius 3 is 2.69 bits per heavy atom. The number of carbonyl (C=O) groups is 2. The van der Waals surface area contributed by atoms with Gasteiger partial charge in [0.25, 0.3) is 0 Å². The fraction of sp³-hybridized carbons (Fsp3) is 0.778. The molecule has 0 radical (unpaired) electrons. The van der Waals surface area contributed by atoms with Gasteiger partial charge < -0.3 is 9.64 Å². The predicted molar refractivity (Wildman–Crippen MR) is 47.2 cm³/mol. The lowest BCUT2D eigenvalue weighted by Crippen LogP contribution is -2.27. The first kappa shape index (κ1) is 10.2. The minimum atomic E-state index is -0.678. The van der Waals surface area contributed by atoms with Crippen molar-refractivity contribution in [1.29, 1.82) is 0 Å². The number of hydrogen-bond acceptors (Lipinski definition) is 4. The molecule has 0 amide bonds. The van der Waals surface area contributed by atoms with Crippen LogP contribution in [0.2, 0.25) is 0 Å². The van der Waals surface area contributed by atoms with Crippen LogP contribution < -0.4 is 0 Å². The maximum absolute atomic E-state index is 11.4. The van der Waals surface area contributed by atoms with Gasteiger partial charge in [0.05, 0.1) is 6.61 Å². The number of rotatable bonds is 3. The average molecular weight is 185 g/mol. The summed E-state index contributed by atoms with van der Waals surface area (Å²) < 4.78 is 4.64. The Kier molecular flexibility index (Phi) is 3.42. The minimum absolute atomic E-state index is 0.149. The molecule has 0 aromatic heterocycles. The van der Waals surface area contributed by atoms with Crippen LogP contribution in [0.15, 0.2) is 0 Å². The molecule has 1 rings (SSSR count). The first-order chi connectivity index (χ1) is 6.15. The minimum Gasteiger partial charge on any atom is -0.460 e. The van der Waals surface area contributed by atoms with Crippen molar-refractivity contribution in [3.63, 3.8) is 0 Å². The zero-order valence-corrected chi connectivity index (χ0v) is 8.08. The molecule has 0 spiro atoms. The molecule has 0 saturated carbocycles. The molecule has 1 heterocycles. The second kappa shape index (κ2) is 4.37. The third-order valence-electron chi connectivity index (χ3n) is 2.24. The van der Waals surface area contributed by atoms with Gasteiger partial charge in [-0.1, -0.05) is 0 Å². The predicted octanol–water partition coefficient (Wildman–Crippen LogP) is 0.0703. The summed E-state index contributed by atoms with van der Waals surface area (Å²) in [5.74, 6) is -1.20. The number of esters is 1. The molecule has 1 atom stereocenters. The van der Waals surface area contributed by atoms with Crippen molar-refractivity contribution in [2.45, 2.75) is 13.3 Å². The first-order valence-corrected chi connectivity index (χ1v) is 4.54. The second-order valence-electron chi connectivity index (χ2n) is 3.33. The van der Waals surface area contributed by atoms with Crippen LogP contribution in [-0.2, 0) is 14.3 Å². The van der Waals surface area contributed by atoms with Gasteiger partial charge in [-0.05, 0) is 26.9 Å². The van der Waals surface area contributed by atoms with E-state index in [9.17, 15) is 9.59 Å². The summed E-state index contributed by atoms with van der Waals surface area (Å²) in [6.45, 7) is 3.53. The Morgan fingerprint density at radius 1 is 1.54 bits per heavy atom. The Hall–Kier alpha value is -0.900. The highest BCUT2D eigenvalue weighted by molar-refractivity contribution is 6.34. The molecule has 4 nitrogen and oxygen atoms in total. The smallest absolute Gasteiger partial charge is 0.374 e. The molecule has 0 aliphatic carbocycles. The van der Waals surface area contributed by atoms with Gasteiger partial charge in [0.1, 0.15) is 0 Å². The van der Waals surface area contributed by atoms with Crippen molar-refractivity contribution < 1.29 is 14.3 Å². The summed E-state index contributed by atoms with van der Waals surface area (Å²) in [7, 11) is 1.94. The molecular weight excluding hydrogens is 170 g/mol. The van der Waals surface area contributed by atoms with E-state index in [-0.39, 0.29) is 18.3 Å². The highest BCUT2D eigenvalue weighted by Gasteiger charge is 2.31. The van der Waals surface area contributed by atoms with Gasteiger partial charge in [-0.3, -0.25) is 4.79 Å². The van der Waals surface area contributed by atoms with Gasteiger partial charge in [-0.25, -0.2) is 4.79 Å². The molecule has 1 aliphatic rings. The van der Waals surface area contributed by atoms with Gasteiger partial charge >= 0.3 is 5.97 Å². The summed E-state index contributed by atoms with van der Waals surface area (Å²) in [6.07, 6.45) is 0.772. The number of Topliss-reactive ketones (excluding diaryl/α,β-unsaturated/α-hetero) is 1. The van der Waals surface area contributed by atoms with Gasteiger partial charge in [-0.2, -0.15) is 0 Å². The fourth-order valence-electron chi connectivity index (χ4n) is 1.52. The number of nitrogens with zero attached hydrogens (tertiary/aromatic N) is 1. The lowest BCUT2D eigenvalue weighted by Gasteiger charge is -2.07. The van der Waals surface area contributed by atoms with E-state index in [1.54, 1.807) is 6.92 Å². The summed E-state index contributed by atoms with van der Waals surface area (Å²) >= 11 is 0. The van der Waals surface area contributed by atoms with Crippen molar-refractivity contribution in [2.24, 2.45) is 5.92 Å². The zero-order valence-electron chi connectivity index (χ0n) is 8.08. The van der Waals surface area contributed by atoms with E-state index in [0.717, 1.165) is 13.0 Å². The largest absolute Gasteiger partial charge is 0.460 e. The van der Waals surface area contributed by atoms with E-state index in [1.165, 1.54) is 0 Å². The van der Waals surface area contributed by atoms with Crippen LogP contribution in [0.1, 0.15) is 13.3 Å². The number of ketones is 1. The Bertz CT molecular complexity index is 215. The lowest BCUT2D eigenvalue weighted by atomic mass is 10.0. The molecule has 4 heteroatoms. The van der Waals surface area contributed by atoms with Crippen molar-refractivity contribution in [2.75, 3.05) is 26.7 Å². The van der Waals surface area contributed by atoms with Crippen LogP contribution in [0.3, 0.4) is 0 Å². The molecule has 0 aromatic carbocycles. The molecule has 0 N–H and O–H groups in total. The fourth-order valence-corrected chi connectivity index (χ4v) is 1.52. The number of likely N-dealkylation sites (tertiary alicyclic amines) is 1. The van der Waals surface area contributed by atoms with E-state index in [0.29, 0.717) is 6.54 Å². The van der Waals surface area contributed by atoms with E-state index >= 15 is 0 Å². The average Bonchev–Trinajstić information content (AvgIpc) is 2.51. The van der Waals surface area contributed by atoms with Crippen molar-refractivity contribution in [3.8, 4) is 0 Å². The van der Waals surface area contributed by atoms with Crippen LogP contribution in [0.5, 0.6) is 0 Å². The van der Waals surface area contributed by atoms with Gasteiger partial charge in [0.15, 0.2) is 0 Å². The lowest BCUT2D eigenvalue weighted by molar-refractivity contribution is -0.155. The molecule has 1 saturated heterocycles. The van der Waals surface area contributed by atoms with Crippen LogP contribution in [-0.4, -0.2) is 43.4 Å². The maximum Gasteiger partial charge on any atom is 0.374 e. The molecule has 74 valence electrons. The zero-order chi connectivity index (χ0) is 9.84. The molecule has 1 aliphatic heterocycles. The van der Waals surface area contributed by atoms with Crippen LogP contribution in [0.25, 0.3) is 0 Å². The molecular formula is C9H15NO3. The highest BCUT2D eigenvalue weighted by atomic mass is 16.5. The Labute approximate surface area is 77.8 Å². The van der Waals surface area contributed by atoms with E-state index < -0.39 is 5.97 Å². The quantitative estimate of drug-likeness (QED) is 0.461. The van der Waals surface area contributed by atoms with Crippen molar-refractivity contribution >= 4 is 11.8 Å². The molecule has 1 unspecified atom stereocenters. The standard InChI is InChI=1S/C9H15NO3/c1-3-13-9(12)8(11)7-4-5-10(2)6-7/h7H,3-6H2,1-2H3. The summed E-state index contributed by atoms with van der Waals surface area (Å²) in [4.78, 5) is 24.5. The van der Waals surface area contributed by atoms with Crippen molar-refractivity contribution in [1.82, 2.24) is 4.90 Å². The van der Waals surface area contributed by atoms with Crippen LogP contribution in [0, 0.1) is 5.92 Å². The molecule has 13 heavy (non-hydrogen) atoms. The van der Waals surface area contributed by atoms with E-state index in [1.807, 2.05) is 11.9 Å². The normalized spacial score (nSPS) is 23.1. The van der Waals surface area contributed by atoms with Crippen LogP contribution in [0.4, 0.5) is 0 Å². The SMILES string of the molecule is CCOC(=O)C(=O)C1CCN(C)C1. The molecule has 1 fully saturated rings. The third-order valence-corrected chi connectivity index (χ3v) is 2.24. The number of hydrogen-bond donors (Lipinski definition) is 0.